The standard InChI is InChI=1S/C39H31N7O4/c1-24(27-8-3-2-4-9-27)43-36(47)28-12-13-32-31(21-28)34(37(48)44-32)35(29-10-6-16-41-23-29)42-22-26-7-5-11-30(19-26)46-38(49)33(45-39(46)50)20-25-14-17-40-18-15-25/h2-21,23-24,44,48H,22H2,1H3,(H,43,47)(H,45,50)/b33-20-,42-35?/t24-/m1/s1. The first-order valence-corrected chi connectivity index (χ1v) is 15.9. The molecule has 6 aromatic rings. The van der Waals surface area contributed by atoms with Gasteiger partial charge in [-0.2, -0.15) is 0 Å². The van der Waals surface area contributed by atoms with Gasteiger partial charge in [-0.25, -0.2) is 9.69 Å². The molecular formula is C39H31N7O4. The van der Waals surface area contributed by atoms with E-state index in [4.69, 9.17) is 4.99 Å². The summed E-state index contributed by atoms with van der Waals surface area (Å²) in [5.41, 5.74) is 5.51. The number of carbonyl (C=O) groups excluding carboxylic acids is 3. The van der Waals surface area contributed by atoms with E-state index in [9.17, 15) is 19.5 Å². The van der Waals surface area contributed by atoms with Gasteiger partial charge in [0.25, 0.3) is 11.8 Å². The molecule has 0 aliphatic carbocycles. The number of imide groups is 1. The van der Waals surface area contributed by atoms with Crippen molar-refractivity contribution in [3.8, 4) is 5.88 Å². The molecule has 1 saturated heterocycles. The van der Waals surface area contributed by atoms with Crippen LogP contribution >= 0.6 is 0 Å². The van der Waals surface area contributed by atoms with Crippen molar-refractivity contribution in [2.24, 2.45) is 4.99 Å². The molecule has 50 heavy (non-hydrogen) atoms. The van der Waals surface area contributed by atoms with E-state index in [-0.39, 0.29) is 30.1 Å². The highest BCUT2D eigenvalue weighted by Crippen LogP contribution is 2.32. The van der Waals surface area contributed by atoms with Crippen molar-refractivity contribution in [2.45, 2.75) is 19.5 Å². The minimum atomic E-state index is -0.561. The van der Waals surface area contributed by atoms with Crippen LogP contribution in [0.15, 0.2) is 133 Å². The SMILES string of the molecule is C[C@@H](NC(=O)c1ccc2[nH]c(O)c(C(=NCc3cccc(N4C(=O)N/C(=C\c5ccncc5)C4=O)c3)c3cccnc3)c2c1)c1ccccc1. The van der Waals surface area contributed by atoms with Crippen molar-refractivity contribution in [3.63, 3.8) is 0 Å². The number of aromatic nitrogens is 3. The van der Waals surface area contributed by atoms with Gasteiger partial charge in [0.05, 0.1) is 29.5 Å². The van der Waals surface area contributed by atoms with Gasteiger partial charge in [0, 0.05) is 46.8 Å². The summed E-state index contributed by atoms with van der Waals surface area (Å²) in [5, 5.41) is 17.5. The van der Waals surface area contributed by atoms with Gasteiger partial charge in [-0.1, -0.05) is 42.5 Å². The third-order valence-corrected chi connectivity index (χ3v) is 8.34. The number of nitrogens with zero attached hydrogens (tertiary/aromatic N) is 4. The average molecular weight is 662 g/mol. The minimum absolute atomic E-state index is 0.112. The summed E-state index contributed by atoms with van der Waals surface area (Å²) < 4.78 is 0. The van der Waals surface area contributed by atoms with E-state index in [2.05, 4.69) is 25.6 Å². The molecule has 0 spiro atoms. The van der Waals surface area contributed by atoms with Crippen LogP contribution in [0.2, 0.25) is 0 Å². The summed E-state index contributed by atoms with van der Waals surface area (Å²) in [4.78, 5) is 56.8. The Morgan fingerprint density at radius 3 is 2.52 bits per heavy atom. The van der Waals surface area contributed by atoms with Crippen molar-refractivity contribution in [1.82, 2.24) is 25.6 Å². The highest BCUT2D eigenvalue weighted by molar-refractivity contribution is 6.28. The summed E-state index contributed by atoms with van der Waals surface area (Å²) >= 11 is 0. The number of urea groups is 1. The molecule has 1 aliphatic heterocycles. The quantitative estimate of drug-likeness (QED) is 0.0812. The van der Waals surface area contributed by atoms with E-state index in [1.54, 1.807) is 85.5 Å². The molecule has 11 heteroatoms. The number of carbonyl (C=O) groups is 3. The van der Waals surface area contributed by atoms with Crippen LogP contribution in [0.3, 0.4) is 0 Å². The number of nitrogens with one attached hydrogen (secondary N) is 3. The third-order valence-electron chi connectivity index (χ3n) is 8.34. The largest absolute Gasteiger partial charge is 0.494 e. The van der Waals surface area contributed by atoms with Gasteiger partial charge in [-0.15, -0.1) is 0 Å². The molecule has 1 fully saturated rings. The Balaban J connectivity index is 1.20. The van der Waals surface area contributed by atoms with E-state index in [0.29, 0.717) is 44.6 Å². The van der Waals surface area contributed by atoms with E-state index < -0.39 is 11.9 Å². The molecule has 0 bridgehead atoms. The normalized spacial score (nSPS) is 14.6. The maximum absolute atomic E-state index is 13.4. The number of aromatic amines is 1. The van der Waals surface area contributed by atoms with Crippen molar-refractivity contribution < 1.29 is 19.5 Å². The molecule has 7 rings (SSSR count). The maximum Gasteiger partial charge on any atom is 0.333 e. The molecular weight excluding hydrogens is 630 g/mol. The third kappa shape index (κ3) is 6.47. The lowest BCUT2D eigenvalue weighted by Crippen LogP contribution is -2.30. The second-order valence-electron chi connectivity index (χ2n) is 11.7. The molecule has 4 heterocycles. The highest BCUT2D eigenvalue weighted by Gasteiger charge is 2.35. The number of fused-ring (bicyclic) bond motifs is 1. The minimum Gasteiger partial charge on any atom is -0.494 e. The highest BCUT2D eigenvalue weighted by atomic mass is 16.3. The second-order valence-corrected chi connectivity index (χ2v) is 11.7. The average Bonchev–Trinajstić information content (AvgIpc) is 3.62. The van der Waals surface area contributed by atoms with Crippen LogP contribution in [0, 0.1) is 0 Å². The Hall–Kier alpha value is -6.88. The Morgan fingerprint density at radius 1 is 0.920 bits per heavy atom. The van der Waals surface area contributed by atoms with E-state index in [1.807, 2.05) is 49.4 Å². The number of rotatable bonds is 9. The van der Waals surface area contributed by atoms with Crippen LogP contribution in [-0.2, 0) is 11.3 Å². The fourth-order valence-electron chi connectivity index (χ4n) is 5.84. The van der Waals surface area contributed by atoms with Crippen LogP contribution in [0.1, 0.15) is 51.1 Å². The molecule has 11 nitrogen and oxygen atoms in total. The summed E-state index contributed by atoms with van der Waals surface area (Å²) in [6.45, 7) is 2.06. The number of benzene rings is 3. The van der Waals surface area contributed by atoms with Gasteiger partial charge in [-0.3, -0.25) is 24.5 Å². The zero-order valence-corrected chi connectivity index (χ0v) is 26.9. The molecule has 3 aromatic heterocycles. The summed E-state index contributed by atoms with van der Waals surface area (Å²) in [6.07, 6.45) is 8.10. The van der Waals surface area contributed by atoms with E-state index in [1.165, 1.54) is 0 Å². The first-order valence-electron chi connectivity index (χ1n) is 15.9. The lowest BCUT2D eigenvalue weighted by atomic mass is 10.0. The number of pyridine rings is 2. The summed E-state index contributed by atoms with van der Waals surface area (Å²) in [6, 6.07) is 28.2. The Kier molecular flexibility index (Phi) is 8.68. The van der Waals surface area contributed by atoms with Crippen LogP contribution in [0.4, 0.5) is 10.5 Å². The molecule has 0 saturated carbocycles. The maximum atomic E-state index is 13.4. The van der Waals surface area contributed by atoms with Gasteiger partial charge in [0.1, 0.15) is 5.70 Å². The van der Waals surface area contributed by atoms with Gasteiger partial charge < -0.3 is 20.7 Å². The van der Waals surface area contributed by atoms with Gasteiger partial charge in [0.2, 0.25) is 0 Å². The Labute approximate surface area is 287 Å². The monoisotopic (exact) mass is 661 g/mol. The topological polar surface area (TPSA) is 153 Å². The Morgan fingerprint density at radius 2 is 1.74 bits per heavy atom. The fraction of sp³-hybridized carbons (Fsp3) is 0.0769. The fourth-order valence-corrected chi connectivity index (χ4v) is 5.84. The molecule has 4 N–H and O–H groups in total. The van der Waals surface area contributed by atoms with Crippen LogP contribution in [0.5, 0.6) is 5.88 Å². The van der Waals surface area contributed by atoms with Gasteiger partial charge in [0.15, 0.2) is 5.88 Å². The number of hydrogen-bond acceptors (Lipinski definition) is 7. The predicted octanol–water partition coefficient (Wildman–Crippen LogP) is 6.29. The molecule has 246 valence electrons. The van der Waals surface area contributed by atoms with E-state index >= 15 is 0 Å². The zero-order chi connectivity index (χ0) is 34.6. The number of amides is 4. The van der Waals surface area contributed by atoms with E-state index in [0.717, 1.165) is 16.0 Å². The second kappa shape index (κ2) is 13.7. The number of H-pyrrole nitrogens is 1. The van der Waals surface area contributed by atoms with Gasteiger partial charge >= 0.3 is 6.03 Å². The predicted molar refractivity (Wildman–Crippen MR) is 191 cm³/mol. The zero-order valence-electron chi connectivity index (χ0n) is 26.9. The van der Waals surface area contributed by atoms with Crippen molar-refractivity contribution in [2.75, 3.05) is 4.90 Å². The van der Waals surface area contributed by atoms with Crippen LogP contribution in [0.25, 0.3) is 17.0 Å². The number of hydrogen-bond donors (Lipinski definition) is 4. The number of aromatic hydroxyl groups is 1. The van der Waals surface area contributed by atoms with Crippen LogP contribution in [-0.4, -0.2) is 43.6 Å². The van der Waals surface area contributed by atoms with Crippen LogP contribution < -0.4 is 15.5 Å². The number of anilines is 1. The molecule has 3 aromatic carbocycles. The molecule has 0 unspecified atom stereocenters. The lowest BCUT2D eigenvalue weighted by Gasteiger charge is -2.14. The Bertz CT molecular complexity index is 2280. The smallest absolute Gasteiger partial charge is 0.333 e. The summed E-state index contributed by atoms with van der Waals surface area (Å²) in [5.74, 6) is -0.851. The molecule has 4 amide bonds. The van der Waals surface area contributed by atoms with Crippen molar-refractivity contribution in [1.29, 1.82) is 0 Å². The number of aliphatic imine (C=N–C) groups is 1. The van der Waals surface area contributed by atoms with Crippen molar-refractivity contribution >= 4 is 46.2 Å². The lowest BCUT2D eigenvalue weighted by molar-refractivity contribution is -0.113. The van der Waals surface area contributed by atoms with Gasteiger partial charge in [-0.05, 0) is 84.3 Å². The molecule has 1 aliphatic rings. The van der Waals surface area contributed by atoms with Crippen molar-refractivity contribution in [3.05, 3.63) is 161 Å². The first-order chi connectivity index (χ1) is 24.4. The molecule has 1 atom stereocenters. The first kappa shape index (κ1) is 31.7. The molecule has 0 radical (unpaired) electrons. The summed E-state index contributed by atoms with van der Waals surface area (Å²) in [7, 11) is 0.